The molecule has 0 saturated carbocycles. The van der Waals surface area contributed by atoms with Crippen LogP contribution in [0.1, 0.15) is 21.6 Å². The number of amides is 1. The fourth-order valence-corrected chi connectivity index (χ4v) is 1.46. The van der Waals surface area contributed by atoms with Crippen LogP contribution in [-0.2, 0) is 6.54 Å². The van der Waals surface area contributed by atoms with E-state index in [-0.39, 0.29) is 17.4 Å². The van der Waals surface area contributed by atoms with Crippen LogP contribution in [0.3, 0.4) is 0 Å². The van der Waals surface area contributed by atoms with E-state index in [1.807, 2.05) is 6.07 Å². The van der Waals surface area contributed by atoms with E-state index >= 15 is 0 Å². The molecule has 6 heteroatoms. The molecular formula is C13H11N5O. The fraction of sp³-hybridized carbons (Fsp3) is 0.0769. The highest BCUT2D eigenvalue weighted by molar-refractivity contribution is 5.92. The third-order valence-electron chi connectivity index (χ3n) is 2.42. The molecule has 0 atom stereocenters. The summed E-state index contributed by atoms with van der Waals surface area (Å²) in [6.07, 6.45) is 2.72. The lowest BCUT2D eigenvalue weighted by Crippen LogP contribution is -2.24. The first kappa shape index (κ1) is 12.5. The Morgan fingerprint density at radius 2 is 2.05 bits per heavy atom. The molecule has 2 rings (SSSR count). The van der Waals surface area contributed by atoms with Crippen molar-refractivity contribution in [1.29, 1.82) is 5.26 Å². The molecule has 0 radical (unpaired) electrons. The van der Waals surface area contributed by atoms with E-state index in [4.69, 9.17) is 11.0 Å². The van der Waals surface area contributed by atoms with Crippen LogP contribution in [0.5, 0.6) is 0 Å². The van der Waals surface area contributed by atoms with Crippen molar-refractivity contribution < 1.29 is 4.79 Å². The molecule has 0 aliphatic heterocycles. The number of aromatic nitrogens is 2. The minimum Gasteiger partial charge on any atom is -0.382 e. The molecule has 0 aliphatic carbocycles. The van der Waals surface area contributed by atoms with Gasteiger partial charge in [-0.25, -0.2) is 4.98 Å². The zero-order chi connectivity index (χ0) is 13.7. The van der Waals surface area contributed by atoms with E-state index in [2.05, 4.69) is 15.3 Å². The summed E-state index contributed by atoms with van der Waals surface area (Å²) in [6, 6.07) is 8.99. The van der Waals surface area contributed by atoms with Gasteiger partial charge in [-0.3, -0.25) is 9.78 Å². The molecule has 1 aromatic heterocycles. The first-order chi connectivity index (χ1) is 9.19. The highest BCUT2D eigenvalue weighted by Gasteiger charge is 2.07. The molecule has 19 heavy (non-hydrogen) atoms. The van der Waals surface area contributed by atoms with Gasteiger partial charge in [0.2, 0.25) is 0 Å². The molecule has 0 unspecified atom stereocenters. The minimum absolute atomic E-state index is 0.175. The second kappa shape index (κ2) is 5.60. The minimum atomic E-state index is -0.343. The maximum atomic E-state index is 11.8. The molecule has 6 nitrogen and oxygen atoms in total. The predicted octanol–water partition coefficient (Wildman–Crippen LogP) is 0.860. The summed E-state index contributed by atoms with van der Waals surface area (Å²) in [6.45, 7) is 0.348. The largest absolute Gasteiger partial charge is 0.382 e. The Kier molecular flexibility index (Phi) is 3.69. The van der Waals surface area contributed by atoms with Gasteiger partial charge in [0, 0.05) is 6.54 Å². The number of hydrogen-bond acceptors (Lipinski definition) is 5. The van der Waals surface area contributed by atoms with Crippen molar-refractivity contribution in [2.45, 2.75) is 6.54 Å². The molecule has 1 aromatic carbocycles. The van der Waals surface area contributed by atoms with Crippen molar-refractivity contribution in [3.63, 3.8) is 0 Å². The van der Waals surface area contributed by atoms with Gasteiger partial charge in [-0.2, -0.15) is 5.26 Å². The number of nitrogens with two attached hydrogens (primary N) is 1. The molecule has 2 aromatic rings. The highest BCUT2D eigenvalue weighted by atomic mass is 16.1. The van der Waals surface area contributed by atoms with Crippen LogP contribution in [0.15, 0.2) is 36.7 Å². The second-order valence-electron chi connectivity index (χ2n) is 3.82. The van der Waals surface area contributed by atoms with E-state index in [1.54, 1.807) is 24.3 Å². The van der Waals surface area contributed by atoms with Gasteiger partial charge in [-0.05, 0) is 17.7 Å². The van der Waals surface area contributed by atoms with Crippen LogP contribution < -0.4 is 11.1 Å². The molecule has 3 N–H and O–H groups in total. The monoisotopic (exact) mass is 253 g/mol. The summed E-state index contributed by atoms with van der Waals surface area (Å²) >= 11 is 0. The molecule has 94 valence electrons. The molecule has 0 saturated heterocycles. The van der Waals surface area contributed by atoms with Crippen LogP contribution in [0.2, 0.25) is 0 Å². The van der Waals surface area contributed by atoms with Crippen molar-refractivity contribution in [2.24, 2.45) is 0 Å². The van der Waals surface area contributed by atoms with Gasteiger partial charge in [0.05, 0.1) is 24.0 Å². The van der Waals surface area contributed by atoms with E-state index in [1.165, 1.54) is 12.4 Å². The van der Waals surface area contributed by atoms with Crippen LogP contribution in [0, 0.1) is 11.3 Å². The molecule has 0 spiro atoms. The van der Waals surface area contributed by atoms with Crippen LogP contribution in [0.25, 0.3) is 0 Å². The van der Waals surface area contributed by atoms with Gasteiger partial charge in [-0.1, -0.05) is 12.1 Å². The number of hydrogen-bond donors (Lipinski definition) is 2. The summed E-state index contributed by atoms with van der Waals surface area (Å²) < 4.78 is 0. The number of benzene rings is 1. The van der Waals surface area contributed by atoms with Crippen molar-refractivity contribution in [3.8, 4) is 6.07 Å². The number of nitrogens with zero attached hydrogens (tertiary/aromatic N) is 3. The average molecular weight is 253 g/mol. The van der Waals surface area contributed by atoms with Crippen molar-refractivity contribution in [2.75, 3.05) is 5.73 Å². The van der Waals surface area contributed by atoms with Gasteiger partial charge < -0.3 is 11.1 Å². The third-order valence-corrected chi connectivity index (χ3v) is 2.42. The maximum Gasteiger partial charge on any atom is 0.271 e. The van der Waals surface area contributed by atoms with E-state index < -0.39 is 0 Å². The first-order valence-corrected chi connectivity index (χ1v) is 5.54. The lowest BCUT2D eigenvalue weighted by Gasteiger charge is -2.05. The number of rotatable bonds is 3. The molecular weight excluding hydrogens is 242 g/mol. The van der Waals surface area contributed by atoms with Crippen molar-refractivity contribution >= 4 is 11.7 Å². The Bertz CT molecular complexity index is 630. The van der Waals surface area contributed by atoms with Gasteiger partial charge in [0.15, 0.2) is 0 Å². The Balaban J connectivity index is 1.98. The van der Waals surface area contributed by atoms with Crippen LogP contribution in [-0.4, -0.2) is 15.9 Å². The lowest BCUT2D eigenvalue weighted by molar-refractivity contribution is 0.0945. The van der Waals surface area contributed by atoms with Gasteiger partial charge >= 0.3 is 0 Å². The maximum absolute atomic E-state index is 11.8. The number of nitrogen functional groups attached to an aromatic ring is 1. The number of nitriles is 1. The normalized spacial score (nSPS) is 9.63. The quantitative estimate of drug-likeness (QED) is 0.844. The topological polar surface area (TPSA) is 105 Å². The molecule has 1 amide bonds. The van der Waals surface area contributed by atoms with Gasteiger partial charge in [0.25, 0.3) is 5.91 Å². The summed E-state index contributed by atoms with van der Waals surface area (Å²) in [5.74, 6) is -0.143. The Hall–Kier alpha value is -2.94. The summed E-state index contributed by atoms with van der Waals surface area (Å²) in [4.78, 5) is 19.4. The molecule has 0 fully saturated rings. The van der Waals surface area contributed by atoms with Crippen LogP contribution in [0.4, 0.5) is 5.82 Å². The number of anilines is 1. The first-order valence-electron chi connectivity index (χ1n) is 5.54. The number of carbonyl (C=O) groups excluding carboxylic acids is 1. The fourth-order valence-electron chi connectivity index (χ4n) is 1.46. The SMILES string of the molecule is N#Cc1ccc(CNC(=O)c2cncc(N)n2)cc1. The second-order valence-corrected chi connectivity index (χ2v) is 3.82. The zero-order valence-electron chi connectivity index (χ0n) is 10.00. The zero-order valence-corrected chi connectivity index (χ0v) is 10.00. The van der Waals surface area contributed by atoms with E-state index in [0.717, 1.165) is 5.56 Å². The molecule has 0 aliphatic rings. The summed E-state index contributed by atoms with van der Waals surface area (Å²) in [5, 5.41) is 11.4. The Morgan fingerprint density at radius 3 is 2.68 bits per heavy atom. The lowest BCUT2D eigenvalue weighted by atomic mass is 10.1. The van der Waals surface area contributed by atoms with Crippen molar-refractivity contribution in [1.82, 2.24) is 15.3 Å². The number of nitrogens with one attached hydrogen (secondary N) is 1. The molecule has 1 heterocycles. The summed E-state index contributed by atoms with van der Waals surface area (Å²) in [7, 11) is 0. The van der Waals surface area contributed by atoms with Crippen molar-refractivity contribution in [3.05, 3.63) is 53.5 Å². The highest BCUT2D eigenvalue weighted by Crippen LogP contribution is 2.03. The molecule has 0 bridgehead atoms. The number of carbonyl (C=O) groups is 1. The third kappa shape index (κ3) is 3.26. The van der Waals surface area contributed by atoms with Gasteiger partial charge in [0.1, 0.15) is 11.5 Å². The Labute approximate surface area is 109 Å². The van der Waals surface area contributed by atoms with Crippen LogP contribution >= 0.6 is 0 Å². The smallest absolute Gasteiger partial charge is 0.271 e. The standard InChI is InChI=1S/C13H11N5O/c14-5-9-1-3-10(4-2-9)6-17-13(19)11-7-16-8-12(15)18-11/h1-4,7-8H,6H2,(H2,15,18)(H,17,19). The van der Waals surface area contributed by atoms with E-state index in [9.17, 15) is 4.79 Å². The Morgan fingerprint density at radius 1 is 1.32 bits per heavy atom. The predicted molar refractivity (Wildman–Crippen MR) is 68.8 cm³/mol. The summed E-state index contributed by atoms with van der Waals surface area (Å²) in [5.41, 5.74) is 7.10. The average Bonchev–Trinajstić information content (AvgIpc) is 2.45. The van der Waals surface area contributed by atoms with E-state index in [0.29, 0.717) is 12.1 Å². The van der Waals surface area contributed by atoms with Gasteiger partial charge in [-0.15, -0.1) is 0 Å².